The van der Waals surface area contributed by atoms with E-state index in [-0.39, 0.29) is 6.04 Å². The first kappa shape index (κ1) is 27.1. The first-order valence-electron chi connectivity index (χ1n) is 11.8. The fourth-order valence-corrected chi connectivity index (χ4v) is 5.49. The number of benzene rings is 2. The number of allylic oxidation sites excluding steroid dienone is 3. The van der Waals surface area contributed by atoms with Gasteiger partial charge in [-0.05, 0) is 60.2 Å². The first-order valence-corrected chi connectivity index (χ1v) is 13.6. The minimum absolute atomic E-state index is 0.0156. The molecule has 3 rings (SSSR count). The summed E-state index contributed by atoms with van der Waals surface area (Å²) in [5, 5.41) is 0.686. The van der Waals surface area contributed by atoms with Crippen molar-refractivity contribution in [2.45, 2.75) is 32.2 Å². The SMILES string of the molecule is CC\C=C/C(=C\C=C\OC)C1C=C(c2cc(Cl)ccc2N)CCN1C(=S)SCCc1ccccc1. The molecular weight excluding hydrogens is 492 g/mol. The van der Waals surface area contributed by atoms with Crippen LogP contribution in [-0.2, 0) is 11.2 Å². The molecule has 0 aromatic heterocycles. The molecule has 1 heterocycles. The predicted octanol–water partition coefficient (Wildman–Crippen LogP) is 7.69. The van der Waals surface area contributed by atoms with Crippen molar-refractivity contribution in [2.24, 2.45) is 0 Å². The molecule has 6 heteroatoms. The number of thioether (sulfide) groups is 1. The van der Waals surface area contributed by atoms with E-state index in [2.05, 4.69) is 60.4 Å². The summed E-state index contributed by atoms with van der Waals surface area (Å²) in [7, 11) is 1.65. The number of aryl methyl sites for hydroxylation is 1. The number of rotatable bonds is 9. The minimum atomic E-state index is -0.0156. The van der Waals surface area contributed by atoms with Gasteiger partial charge in [-0.3, -0.25) is 0 Å². The molecule has 0 spiro atoms. The van der Waals surface area contributed by atoms with Crippen LogP contribution in [0.2, 0.25) is 5.02 Å². The summed E-state index contributed by atoms with van der Waals surface area (Å²) in [4.78, 5) is 2.32. The Morgan fingerprint density at radius 1 is 1.26 bits per heavy atom. The lowest BCUT2D eigenvalue weighted by Crippen LogP contribution is -2.41. The van der Waals surface area contributed by atoms with Crippen LogP contribution in [0.25, 0.3) is 5.57 Å². The quantitative estimate of drug-likeness (QED) is 0.157. The summed E-state index contributed by atoms with van der Waals surface area (Å²) >= 11 is 14.0. The van der Waals surface area contributed by atoms with Crippen molar-refractivity contribution in [2.75, 3.05) is 25.1 Å². The van der Waals surface area contributed by atoms with Crippen LogP contribution in [0, 0.1) is 0 Å². The van der Waals surface area contributed by atoms with Gasteiger partial charge in [0.25, 0.3) is 0 Å². The van der Waals surface area contributed by atoms with E-state index in [0.717, 1.165) is 52.7 Å². The molecule has 1 aliphatic heterocycles. The number of halogens is 1. The number of hydrogen-bond donors (Lipinski definition) is 1. The highest BCUT2D eigenvalue weighted by Gasteiger charge is 2.27. The highest BCUT2D eigenvalue weighted by Crippen LogP contribution is 2.34. The van der Waals surface area contributed by atoms with Crippen LogP contribution < -0.4 is 5.73 Å². The van der Waals surface area contributed by atoms with Gasteiger partial charge in [0.1, 0.15) is 4.32 Å². The normalized spacial score (nSPS) is 16.7. The third-order valence-electron chi connectivity index (χ3n) is 5.76. The molecule has 2 aromatic rings. The van der Waals surface area contributed by atoms with Crippen LogP contribution in [0.3, 0.4) is 0 Å². The van der Waals surface area contributed by atoms with Crippen LogP contribution in [0.5, 0.6) is 0 Å². The van der Waals surface area contributed by atoms with E-state index in [0.29, 0.717) is 5.02 Å². The van der Waals surface area contributed by atoms with E-state index >= 15 is 0 Å². The van der Waals surface area contributed by atoms with E-state index < -0.39 is 0 Å². The van der Waals surface area contributed by atoms with Gasteiger partial charge in [0, 0.05) is 28.6 Å². The Morgan fingerprint density at radius 2 is 2.06 bits per heavy atom. The second kappa shape index (κ2) is 14.2. The Balaban J connectivity index is 1.90. The van der Waals surface area contributed by atoms with Gasteiger partial charge in [-0.25, -0.2) is 0 Å². The molecule has 0 aliphatic carbocycles. The van der Waals surface area contributed by atoms with Gasteiger partial charge in [0.15, 0.2) is 0 Å². The Morgan fingerprint density at radius 3 is 2.80 bits per heavy atom. The molecular formula is C29H33ClN2OS2. The van der Waals surface area contributed by atoms with E-state index in [4.69, 9.17) is 34.3 Å². The molecule has 1 atom stereocenters. The molecule has 0 bridgehead atoms. The zero-order valence-corrected chi connectivity index (χ0v) is 22.7. The average Bonchev–Trinajstić information content (AvgIpc) is 2.88. The first-order chi connectivity index (χ1) is 17.0. The molecule has 0 saturated carbocycles. The minimum Gasteiger partial charge on any atom is -0.504 e. The molecule has 1 unspecified atom stereocenters. The summed E-state index contributed by atoms with van der Waals surface area (Å²) in [6.45, 7) is 2.95. The molecule has 2 N–H and O–H groups in total. The van der Waals surface area contributed by atoms with Gasteiger partial charge in [0.05, 0.1) is 19.4 Å². The van der Waals surface area contributed by atoms with Crippen molar-refractivity contribution in [1.29, 1.82) is 0 Å². The lowest BCUT2D eigenvalue weighted by atomic mass is 9.91. The molecule has 35 heavy (non-hydrogen) atoms. The highest BCUT2D eigenvalue weighted by atomic mass is 35.5. The molecule has 0 amide bonds. The Kier molecular flexibility index (Phi) is 11.0. The largest absolute Gasteiger partial charge is 0.504 e. The van der Waals surface area contributed by atoms with E-state index in [1.165, 1.54) is 11.1 Å². The van der Waals surface area contributed by atoms with Crippen LogP contribution >= 0.6 is 35.6 Å². The number of thiocarbonyl (C=S) groups is 1. The van der Waals surface area contributed by atoms with Crippen LogP contribution in [0.1, 0.15) is 30.9 Å². The average molecular weight is 525 g/mol. The van der Waals surface area contributed by atoms with Crippen molar-refractivity contribution in [3.8, 4) is 0 Å². The zero-order valence-electron chi connectivity index (χ0n) is 20.3. The Hall–Kier alpha value is -2.47. The van der Waals surface area contributed by atoms with Gasteiger partial charge < -0.3 is 15.4 Å². The maximum atomic E-state index is 6.34. The molecule has 0 fully saturated rings. The fraction of sp³-hybridized carbons (Fsp3) is 0.276. The number of nitrogens with two attached hydrogens (primary N) is 1. The third-order valence-corrected chi connectivity index (χ3v) is 7.48. The van der Waals surface area contributed by atoms with Gasteiger partial charge >= 0.3 is 0 Å². The van der Waals surface area contributed by atoms with E-state index in [1.54, 1.807) is 25.1 Å². The maximum absolute atomic E-state index is 6.34. The van der Waals surface area contributed by atoms with Crippen molar-refractivity contribution >= 4 is 51.2 Å². The van der Waals surface area contributed by atoms with E-state index in [1.807, 2.05) is 30.3 Å². The summed E-state index contributed by atoms with van der Waals surface area (Å²) in [5.74, 6) is 0.942. The Bertz CT molecular complexity index is 1110. The molecule has 184 valence electrons. The number of methoxy groups -OCH3 is 1. The number of ether oxygens (including phenoxy) is 1. The van der Waals surface area contributed by atoms with Crippen molar-refractivity contribution in [3.63, 3.8) is 0 Å². The fourth-order valence-electron chi connectivity index (χ4n) is 3.98. The van der Waals surface area contributed by atoms with Crippen LogP contribution in [0.4, 0.5) is 5.69 Å². The molecule has 3 nitrogen and oxygen atoms in total. The maximum Gasteiger partial charge on any atom is 0.137 e. The topological polar surface area (TPSA) is 38.5 Å². The van der Waals surface area contributed by atoms with Gasteiger partial charge in [0.2, 0.25) is 0 Å². The smallest absolute Gasteiger partial charge is 0.137 e. The lowest BCUT2D eigenvalue weighted by molar-refractivity contribution is 0.338. The standard InChI is InChI=1S/C29H33ClN2OS2/c1-3-4-11-23(12-8-18-33-2)28-20-24(26-21-25(30)13-14-27(26)31)15-17-32(28)29(34)35-19-16-22-9-6-5-7-10-22/h4-14,18,20-21,28H,3,15-17,19,31H2,1-2H3/b11-4-,18-8+,23-12+. The van der Waals surface area contributed by atoms with Crippen molar-refractivity contribution < 1.29 is 4.74 Å². The summed E-state index contributed by atoms with van der Waals surface area (Å²) in [5.41, 5.74) is 11.7. The van der Waals surface area contributed by atoms with Gasteiger partial charge in [-0.15, -0.1) is 0 Å². The summed E-state index contributed by atoms with van der Waals surface area (Å²) in [6, 6.07) is 16.2. The zero-order chi connectivity index (χ0) is 25.0. The number of nitrogen functional groups attached to an aromatic ring is 1. The predicted molar refractivity (Wildman–Crippen MR) is 158 cm³/mol. The van der Waals surface area contributed by atoms with Crippen molar-refractivity contribution in [3.05, 3.63) is 107 Å². The van der Waals surface area contributed by atoms with E-state index in [9.17, 15) is 0 Å². The third kappa shape index (κ3) is 8.03. The second-order valence-corrected chi connectivity index (χ2v) is 10.4. The molecule has 1 aliphatic rings. The second-order valence-electron chi connectivity index (χ2n) is 8.20. The lowest BCUT2D eigenvalue weighted by Gasteiger charge is -2.37. The molecule has 0 radical (unpaired) electrons. The Labute approximate surface area is 224 Å². The number of nitrogens with zero attached hydrogens (tertiary/aromatic N) is 1. The highest BCUT2D eigenvalue weighted by molar-refractivity contribution is 8.22. The van der Waals surface area contributed by atoms with Crippen LogP contribution in [0.15, 0.2) is 90.7 Å². The number of hydrogen-bond acceptors (Lipinski definition) is 4. The van der Waals surface area contributed by atoms with Gasteiger partial charge in [-0.2, -0.15) is 0 Å². The van der Waals surface area contributed by atoms with Crippen molar-refractivity contribution in [1.82, 2.24) is 4.90 Å². The molecule has 0 saturated heterocycles. The number of anilines is 1. The van der Waals surface area contributed by atoms with Crippen LogP contribution in [-0.4, -0.2) is 34.7 Å². The van der Waals surface area contributed by atoms with Gasteiger partial charge in [-0.1, -0.05) is 97.1 Å². The summed E-state index contributed by atoms with van der Waals surface area (Å²) < 4.78 is 6.04. The summed E-state index contributed by atoms with van der Waals surface area (Å²) in [6.07, 6.45) is 15.1. The monoisotopic (exact) mass is 524 g/mol. The molecule has 2 aromatic carbocycles.